The van der Waals surface area contributed by atoms with Crippen LogP contribution in [0.15, 0.2) is 55.6 Å². The summed E-state index contributed by atoms with van der Waals surface area (Å²) in [6.07, 6.45) is 5.24. The first-order chi connectivity index (χ1) is 17.4. The molecule has 2 bridgehead atoms. The van der Waals surface area contributed by atoms with Crippen LogP contribution in [0.2, 0.25) is 0 Å². The zero-order valence-corrected chi connectivity index (χ0v) is 21.1. The van der Waals surface area contributed by atoms with Crippen molar-refractivity contribution in [3.63, 3.8) is 0 Å². The van der Waals surface area contributed by atoms with Crippen molar-refractivity contribution in [3.8, 4) is 0 Å². The SMILES string of the molecule is C=CCN(C)C(=O)[C@@H]1[C@@H]2CCC3(O2)C(C(=O)N(CC=C)Cc2ccccc2)N(CCCCO)C(=O)[C@H]13. The molecule has 0 radical (unpaired) electrons. The van der Waals surface area contributed by atoms with Gasteiger partial charge in [0.1, 0.15) is 11.6 Å². The van der Waals surface area contributed by atoms with Gasteiger partial charge in [0.2, 0.25) is 17.7 Å². The molecule has 3 saturated heterocycles. The van der Waals surface area contributed by atoms with E-state index in [0.717, 1.165) is 5.56 Å². The summed E-state index contributed by atoms with van der Waals surface area (Å²) in [5.74, 6) is -1.84. The van der Waals surface area contributed by atoms with Gasteiger partial charge in [-0.15, -0.1) is 13.2 Å². The van der Waals surface area contributed by atoms with Gasteiger partial charge in [0.05, 0.1) is 17.9 Å². The number of fused-ring (bicyclic) bond motifs is 1. The molecule has 0 aliphatic carbocycles. The number of hydrogen-bond donors (Lipinski definition) is 1. The molecule has 0 aromatic heterocycles. The number of unbranched alkanes of at least 4 members (excludes halogenated alkanes) is 1. The molecule has 3 aliphatic rings. The Hall–Kier alpha value is -2.97. The fraction of sp³-hybridized carbons (Fsp3) is 0.536. The molecule has 1 aromatic rings. The zero-order chi connectivity index (χ0) is 25.9. The fourth-order valence-corrected chi connectivity index (χ4v) is 6.25. The van der Waals surface area contributed by atoms with Crippen molar-refractivity contribution in [1.29, 1.82) is 0 Å². The van der Waals surface area contributed by atoms with Crippen molar-refractivity contribution >= 4 is 17.7 Å². The minimum Gasteiger partial charge on any atom is -0.396 e. The van der Waals surface area contributed by atoms with Crippen LogP contribution >= 0.6 is 0 Å². The Morgan fingerprint density at radius 3 is 2.56 bits per heavy atom. The van der Waals surface area contributed by atoms with E-state index < -0.39 is 23.5 Å². The number of likely N-dealkylation sites (N-methyl/N-ethyl adjacent to an activating group) is 1. The van der Waals surface area contributed by atoms with Crippen LogP contribution in [0.1, 0.15) is 31.2 Å². The minimum atomic E-state index is -1.02. The van der Waals surface area contributed by atoms with Crippen molar-refractivity contribution in [1.82, 2.24) is 14.7 Å². The average molecular weight is 496 g/mol. The summed E-state index contributed by atoms with van der Waals surface area (Å²) in [5.41, 5.74) is -0.0441. The van der Waals surface area contributed by atoms with Crippen LogP contribution in [0.5, 0.6) is 0 Å². The van der Waals surface area contributed by atoms with Crippen molar-refractivity contribution < 1.29 is 24.2 Å². The van der Waals surface area contributed by atoms with Gasteiger partial charge in [-0.2, -0.15) is 0 Å². The molecule has 1 aromatic carbocycles. The molecular formula is C28H37N3O5. The number of aliphatic hydroxyl groups is 1. The largest absolute Gasteiger partial charge is 0.396 e. The maximum Gasteiger partial charge on any atom is 0.248 e. The van der Waals surface area contributed by atoms with Crippen molar-refractivity contribution in [3.05, 3.63) is 61.2 Å². The fourth-order valence-electron chi connectivity index (χ4n) is 6.25. The first-order valence-corrected chi connectivity index (χ1v) is 12.8. The molecule has 8 heteroatoms. The second-order valence-corrected chi connectivity index (χ2v) is 10.0. The summed E-state index contributed by atoms with van der Waals surface area (Å²) < 4.78 is 6.51. The lowest BCUT2D eigenvalue weighted by molar-refractivity contribution is -0.149. The summed E-state index contributed by atoms with van der Waals surface area (Å²) in [6.45, 7) is 8.99. The van der Waals surface area contributed by atoms with E-state index in [1.807, 2.05) is 30.3 Å². The molecule has 3 amide bonds. The third-order valence-electron chi connectivity index (χ3n) is 7.78. The van der Waals surface area contributed by atoms with E-state index in [9.17, 15) is 19.5 Å². The molecular weight excluding hydrogens is 458 g/mol. The quantitative estimate of drug-likeness (QED) is 0.354. The molecule has 2 unspecified atom stereocenters. The number of rotatable bonds is 12. The molecule has 194 valence electrons. The van der Waals surface area contributed by atoms with Gasteiger partial charge in [-0.3, -0.25) is 14.4 Å². The molecule has 36 heavy (non-hydrogen) atoms. The molecule has 0 saturated carbocycles. The van der Waals surface area contributed by atoms with Gasteiger partial charge in [0, 0.05) is 39.8 Å². The monoisotopic (exact) mass is 495 g/mol. The summed E-state index contributed by atoms with van der Waals surface area (Å²) in [7, 11) is 1.70. The summed E-state index contributed by atoms with van der Waals surface area (Å²) in [5, 5.41) is 9.32. The highest BCUT2D eigenvalue weighted by Gasteiger charge is 2.74. The van der Waals surface area contributed by atoms with Crippen LogP contribution in [-0.4, -0.2) is 88.6 Å². The normalized spacial score (nSPS) is 28.2. The Morgan fingerprint density at radius 1 is 1.17 bits per heavy atom. The van der Waals surface area contributed by atoms with E-state index in [4.69, 9.17) is 4.74 Å². The third kappa shape index (κ3) is 4.48. The van der Waals surface area contributed by atoms with Gasteiger partial charge < -0.3 is 24.5 Å². The van der Waals surface area contributed by atoms with Gasteiger partial charge in [-0.1, -0.05) is 42.5 Å². The van der Waals surface area contributed by atoms with Crippen LogP contribution < -0.4 is 0 Å². The Kier molecular flexibility index (Phi) is 7.95. The molecule has 5 atom stereocenters. The highest BCUT2D eigenvalue weighted by atomic mass is 16.5. The van der Waals surface area contributed by atoms with E-state index in [1.165, 1.54) is 0 Å². The van der Waals surface area contributed by atoms with E-state index in [1.54, 1.807) is 33.9 Å². The minimum absolute atomic E-state index is 0.0118. The van der Waals surface area contributed by atoms with Gasteiger partial charge in [0.25, 0.3) is 0 Å². The van der Waals surface area contributed by atoms with Crippen molar-refractivity contribution in [2.75, 3.05) is 33.3 Å². The van der Waals surface area contributed by atoms with Crippen molar-refractivity contribution in [2.45, 2.75) is 50.0 Å². The Bertz CT molecular complexity index is 998. The van der Waals surface area contributed by atoms with E-state index >= 15 is 0 Å². The topological polar surface area (TPSA) is 90.4 Å². The van der Waals surface area contributed by atoms with Crippen molar-refractivity contribution in [2.24, 2.45) is 11.8 Å². The zero-order valence-electron chi connectivity index (χ0n) is 21.1. The number of nitrogens with zero attached hydrogens (tertiary/aromatic N) is 3. The first kappa shape index (κ1) is 26.1. The van der Waals surface area contributed by atoms with Crippen LogP contribution in [0.3, 0.4) is 0 Å². The van der Waals surface area contributed by atoms with Gasteiger partial charge >= 0.3 is 0 Å². The molecule has 4 rings (SSSR count). The number of amides is 3. The highest BCUT2D eigenvalue weighted by Crippen LogP contribution is 2.59. The number of aliphatic hydroxyl groups excluding tert-OH is 1. The van der Waals surface area contributed by atoms with E-state index in [0.29, 0.717) is 51.9 Å². The number of benzene rings is 1. The number of hydrogen-bond acceptors (Lipinski definition) is 5. The maximum absolute atomic E-state index is 14.2. The first-order valence-electron chi connectivity index (χ1n) is 12.8. The Balaban J connectivity index is 1.69. The lowest BCUT2D eigenvalue weighted by Gasteiger charge is -2.37. The Morgan fingerprint density at radius 2 is 1.89 bits per heavy atom. The van der Waals surface area contributed by atoms with Gasteiger partial charge in [-0.25, -0.2) is 0 Å². The maximum atomic E-state index is 14.2. The summed E-state index contributed by atoms with van der Waals surface area (Å²) in [6, 6.07) is 8.90. The number of carbonyl (C=O) groups is 3. The van der Waals surface area contributed by atoms with Gasteiger partial charge in [-0.05, 0) is 31.2 Å². The number of likely N-dealkylation sites (tertiary alicyclic amines) is 1. The molecule has 3 aliphatic heterocycles. The second kappa shape index (κ2) is 11.0. The average Bonchev–Trinajstić information content (AvgIpc) is 3.51. The third-order valence-corrected chi connectivity index (χ3v) is 7.78. The molecule has 1 spiro atoms. The summed E-state index contributed by atoms with van der Waals surface area (Å²) in [4.78, 5) is 46.5. The smallest absolute Gasteiger partial charge is 0.248 e. The van der Waals surface area contributed by atoms with Crippen LogP contribution in [-0.2, 0) is 25.7 Å². The summed E-state index contributed by atoms with van der Waals surface area (Å²) >= 11 is 0. The molecule has 8 nitrogen and oxygen atoms in total. The van der Waals surface area contributed by atoms with Gasteiger partial charge in [0.15, 0.2) is 0 Å². The van der Waals surface area contributed by atoms with Crippen LogP contribution in [0.4, 0.5) is 0 Å². The molecule has 3 heterocycles. The van der Waals surface area contributed by atoms with Crippen LogP contribution in [0, 0.1) is 11.8 Å². The van der Waals surface area contributed by atoms with Crippen LogP contribution in [0.25, 0.3) is 0 Å². The lowest BCUT2D eigenvalue weighted by atomic mass is 9.70. The predicted molar refractivity (Wildman–Crippen MR) is 136 cm³/mol. The standard InChI is InChI=1S/C28H37N3O5/c1-4-15-29(3)25(33)22-21-13-14-28(36-21)23(22)26(34)31(17-9-10-18-32)24(28)27(35)30(16-5-2)19-20-11-7-6-8-12-20/h4-8,11-12,21-24,32H,1-2,9-10,13-19H2,3H3/t21-,22+,23-,24?,28?/m0/s1. The predicted octanol–water partition coefficient (Wildman–Crippen LogP) is 1.99. The Labute approximate surface area is 213 Å². The molecule has 3 fully saturated rings. The highest BCUT2D eigenvalue weighted by molar-refractivity contribution is 5.99. The number of carbonyl (C=O) groups excluding carboxylic acids is 3. The second-order valence-electron chi connectivity index (χ2n) is 10.0. The number of ether oxygens (including phenoxy) is 1. The van der Waals surface area contributed by atoms with E-state index in [-0.39, 0.29) is 30.4 Å². The lowest BCUT2D eigenvalue weighted by Crippen LogP contribution is -2.56. The van der Waals surface area contributed by atoms with E-state index in [2.05, 4.69) is 13.2 Å². The molecule has 1 N–H and O–H groups in total.